The average Bonchev–Trinajstić information content (AvgIpc) is 2.56. The third-order valence-electron chi connectivity index (χ3n) is 3.32. The highest BCUT2D eigenvalue weighted by molar-refractivity contribution is 5.79. The first-order valence-electron chi connectivity index (χ1n) is 7.49. The number of rotatable bonds is 5. The van der Waals surface area contributed by atoms with Crippen molar-refractivity contribution in [2.75, 3.05) is 0 Å². The van der Waals surface area contributed by atoms with Crippen LogP contribution in [0.1, 0.15) is 46.6 Å². The van der Waals surface area contributed by atoms with Gasteiger partial charge in [-0.15, -0.1) is 11.8 Å². The van der Waals surface area contributed by atoms with Gasteiger partial charge in [0.25, 0.3) is 0 Å². The molecular weight excluding hydrogens is 266 g/mol. The molecule has 0 saturated heterocycles. The largest absolute Gasteiger partial charge is 0.309 e. The van der Waals surface area contributed by atoms with Crippen molar-refractivity contribution in [3.63, 3.8) is 0 Å². The van der Waals surface area contributed by atoms with Crippen LogP contribution in [0.3, 0.4) is 0 Å². The second-order valence-corrected chi connectivity index (χ2v) is 4.77. The molecule has 0 atom stereocenters. The minimum absolute atomic E-state index is 0.894. The number of hydrogen-bond acceptors (Lipinski definition) is 1. The number of allylic oxidation sites excluding steroid dienone is 6. The zero-order chi connectivity index (χ0) is 16.8. The van der Waals surface area contributed by atoms with Gasteiger partial charge >= 0.3 is 0 Å². The smallest absolute Gasteiger partial charge is 0.0174 e. The highest BCUT2D eigenvalue weighted by atomic mass is 14.3. The van der Waals surface area contributed by atoms with Crippen LogP contribution in [-0.4, -0.2) is 6.21 Å². The highest BCUT2D eigenvalue weighted by Gasteiger charge is 2.04. The van der Waals surface area contributed by atoms with E-state index < -0.39 is 0 Å². The molecule has 0 aliphatic carbocycles. The third kappa shape index (κ3) is 7.45. The van der Waals surface area contributed by atoms with Gasteiger partial charge in [0.1, 0.15) is 0 Å². The Morgan fingerprint density at radius 3 is 2.14 bits per heavy atom. The van der Waals surface area contributed by atoms with Crippen LogP contribution in [0.5, 0.6) is 0 Å². The van der Waals surface area contributed by atoms with Crippen LogP contribution in [0.4, 0.5) is 0 Å². The molecule has 116 valence electrons. The monoisotopic (exact) mass is 293 g/mol. The summed E-state index contributed by atoms with van der Waals surface area (Å²) >= 11 is 0. The molecule has 0 heterocycles. The van der Waals surface area contributed by atoms with Crippen LogP contribution < -0.4 is 0 Å². The summed E-state index contributed by atoms with van der Waals surface area (Å²) in [5.74, 6) is 5.36. The first-order valence-corrected chi connectivity index (χ1v) is 7.49. The van der Waals surface area contributed by atoms with E-state index in [1.165, 1.54) is 28.5 Å². The molecule has 0 aliphatic heterocycles. The molecule has 0 amide bonds. The molecule has 0 bridgehead atoms. The maximum atomic E-state index is 6.97. The van der Waals surface area contributed by atoms with Gasteiger partial charge in [0.05, 0.1) is 0 Å². The van der Waals surface area contributed by atoms with Gasteiger partial charge in [-0.05, 0) is 63.8 Å². The van der Waals surface area contributed by atoms with Crippen LogP contribution in [-0.2, 0) is 0 Å². The minimum atomic E-state index is 0.894. The molecule has 22 heavy (non-hydrogen) atoms. The normalized spacial score (nSPS) is 11.8. The topological polar surface area (TPSA) is 23.9 Å². The van der Waals surface area contributed by atoms with Crippen molar-refractivity contribution in [1.29, 1.82) is 5.41 Å². The zero-order valence-electron chi connectivity index (χ0n) is 14.4. The zero-order valence-corrected chi connectivity index (χ0v) is 14.4. The Labute approximate surface area is 136 Å². The Morgan fingerprint density at radius 1 is 1.09 bits per heavy atom. The van der Waals surface area contributed by atoms with Crippen LogP contribution in [0.2, 0.25) is 0 Å². The summed E-state index contributed by atoms with van der Waals surface area (Å²) < 4.78 is 0. The van der Waals surface area contributed by atoms with Crippen molar-refractivity contribution >= 4 is 11.8 Å². The van der Waals surface area contributed by atoms with Crippen molar-refractivity contribution in [2.24, 2.45) is 0 Å². The first kappa shape index (κ1) is 19.7. The molecule has 1 nitrogen and oxygen atoms in total. The molecule has 0 fully saturated rings. The van der Waals surface area contributed by atoms with Crippen molar-refractivity contribution < 1.29 is 0 Å². The number of hydrogen-bond donors (Lipinski definition) is 1. The van der Waals surface area contributed by atoms with Crippen LogP contribution >= 0.6 is 0 Å². The summed E-state index contributed by atoms with van der Waals surface area (Å²) in [7, 11) is 0. The Bertz CT molecular complexity index is 584. The van der Waals surface area contributed by atoms with Crippen LogP contribution in [0.25, 0.3) is 5.57 Å². The lowest BCUT2D eigenvalue weighted by molar-refractivity contribution is 1.17. The van der Waals surface area contributed by atoms with Gasteiger partial charge < -0.3 is 5.41 Å². The molecule has 1 heteroatoms. The van der Waals surface area contributed by atoms with Crippen molar-refractivity contribution in [1.82, 2.24) is 0 Å². The van der Waals surface area contributed by atoms with Gasteiger partial charge in [0.15, 0.2) is 0 Å². The van der Waals surface area contributed by atoms with E-state index in [-0.39, 0.29) is 0 Å². The van der Waals surface area contributed by atoms with E-state index in [0.717, 1.165) is 6.42 Å². The summed E-state index contributed by atoms with van der Waals surface area (Å²) in [5, 5.41) is 6.97. The molecule has 1 aromatic rings. The Hall–Kier alpha value is -2.33. The molecule has 0 saturated carbocycles. The Balaban J connectivity index is 0.000000980. The van der Waals surface area contributed by atoms with Gasteiger partial charge in [-0.25, -0.2) is 0 Å². The fourth-order valence-corrected chi connectivity index (χ4v) is 1.91. The van der Waals surface area contributed by atoms with E-state index in [2.05, 4.69) is 63.0 Å². The van der Waals surface area contributed by atoms with E-state index >= 15 is 0 Å². The standard InChI is InChI=1S/C17H21N.C4H6/c1-4-17(16-11-6-5-7-12-16)15(3)14(2)10-8-9-13-18;1-3-4-2/h4-9,11-13,18H,10H2,1-3H3;1-2H3/b9-8-,15-14+,17-4+,18-13?;. The fourth-order valence-electron chi connectivity index (χ4n) is 1.91. The Kier molecular flexibility index (Phi) is 11.1. The van der Waals surface area contributed by atoms with Gasteiger partial charge in [-0.1, -0.05) is 48.1 Å². The van der Waals surface area contributed by atoms with Crippen molar-refractivity contribution in [3.8, 4) is 11.8 Å². The van der Waals surface area contributed by atoms with E-state index in [0.29, 0.717) is 0 Å². The molecular formula is C21H27N. The van der Waals surface area contributed by atoms with E-state index in [1.807, 2.05) is 26.0 Å². The fraction of sp³-hybridized carbons (Fsp3) is 0.286. The van der Waals surface area contributed by atoms with Crippen LogP contribution in [0.15, 0.2) is 59.7 Å². The maximum Gasteiger partial charge on any atom is 0.0174 e. The second-order valence-electron chi connectivity index (χ2n) is 4.77. The molecule has 0 unspecified atom stereocenters. The van der Waals surface area contributed by atoms with E-state index in [4.69, 9.17) is 5.41 Å². The quantitative estimate of drug-likeness (QED) is 0.388. The van der Waals surface area contributed by atoms with Gasteiger partial charge in [-0.3, -0.25) is 0 Å². The second kappa shape index (κ2) is 12.4. The summed E-state index contributed by atoms with van der Waals surface area (Å²) in [6.45, 7) is 10.0. The molecule has 0 spiro atoms. The van der Waals surface area contributed by atoms with Gasteiger partial charge in [0.2, 0.25) is 0 Å². The molecule has 0 aliphatic rings. The summed E-state index contributed by atoms with van der Waals surface area (Å²) in [4.78, 5) is 0. The van der Waals surface area contributed by atoms with Crippen molar-refractivity contribution in [2.45, 2.75) is 41.0 Å². The highest BCUT2D eigenvalue weighted by Crippen LogP contribution is 2.26. The average molecular weight is 293 g/mol. The molecule has 1 N–H and O–H groups in total. The van der Waals surface area contributed by atoms with E-state index in [9.17, 15) is 0 Å². The predicted octanol–water partition coefficient (Wildman–Crippen LogP) is 6.05. The van der Waals surface area contributed by atoms with E-state index in [1.54, 1.807) is 6.08 Å². The minimum Gasteiger partial charge on any atom is -0.309 e. The summed E-state index contributed by atoms with van der Waals surface area (Å²) in [6.07, 6.45) is 8.16. The molecule has 1 aromatic carbocycles. The molecule has 1 rings (SSSR count). The van der Waals surface area contributed by atoms with Gasteiger partial charge in [-0.2, -0.15) is 0 Å². The third-order valence-corrected chi connectivity index (χ3v) is 3.32. The predicted molar refractivity (Wildman–Crippen MR) is 100 cm³/mol. The lowest BCUT2D eigenvalue weighted by Gasteiger charge is -2.11. The maximum absolute atomic E-state index is 6.97. The summed E-state index contributed by atoms with van der Waals surface area (Å²) in [5.41, 5.74) is 5.20. The van der Waals surface area contributed by atoms with Crippen LogP contribution in [0, 0.1) is 17.3 Å². The lowest BCUT2D eigenvalue weighted by atomic mass is 9.94. The lowest BCUT2D eigenvalue weighted by Crippen LogP contribution is -1.90. The molecule has 0 radical (unpaired) electrons. The number of nitrogens with one attached hydrogen (secondary N) is 1. The van der Waals surface area contributed by atoms with Crippen molar-refractivity contribution in [3.05, 3.63) is 65.3 Å². The SMILES string of the molecule is C/C=C(\C(C)=C(/C)C/C=C\C=N)c1ccccc1.CC#CC. The van der Waals surface area contributed by atoms with Gasteiger partial charge in [0, 0.05) is 6.21 Å². The Morgan fingerprint density at radius 2 is 1.68 bits per heavy atom. The summed E-state index contributed by atoms with van der Waals surface area (Å²) in [6, 6.07) is 10.4. The number of benzene rings is 1. The first-order chi connectivity index (χ1) is 10.6. The molecule has 0 aromatic heterocycles.